The third kappa shape index (κ3) is 4.00. The molecule has 6 heteroatoms. The molecule has 0 saturated heterocycles. The number of hydrogen-bond donors (Lipinski definition) is 0. The highest BCUT2D eigenvalue weighted by atomic mass is 32.1. The van der Waals surface area contributed by atoms with Gasteiger partial charge in [0, 0.05) is 19.1 Å². The summed E-state index contributed by atoms with van der Waals surface area (Å²) in [5.41, 5.74) is 0.467. The number of nitrogens with zero attached hydrogens (tertiary/aromatic N) is 2. The highest BCUT2D eigenvalue weighted by Crippen LogP contribution is 2.28. The molecule has 23 heavy (non-hydrogen) atoms. The van der Waals surface area contributed by atoms with Gasteiger partial charge in [-0.2, -0.15) is 4.99 Å². The normalized spacial score (nSPS) is 12.8. The topological polar surface area (TPSA) is 52.8 Å². The van der Waals surface area contributed by atoms with Crippen LogP contribution in [0.15, 0.2) is 23.2 Å². The summed E-state index contributed by atoms with van der Waals surface area (Å²) in [6.45, 7) is 9.33. The zero-order valence-electron chi connectivity index (χ0n) is 14.4. The molecule has 0 aliphatic rings. The van der Waals surface area contributed by atoms with Crippen LogP contribution in [0.4, 0.5) is 0 Å². The van der Waals surface area contributed by atoms with Gasteiger partial charge in [0.1, 0.15) is 11.3 Å². The minimum Gasteiger partial charge on any atom is -0.492 e. The molecule has 2 aromatic rings. The largest absolute Gasteiger partial charge is 0.492 e. The molecule has 0 aliphatic carbocycles. The smallest absolute Gasteiger partial charge is 0.253 e. The van der Waals surface area contributed by atoms with E-state index in [4.69, 9.17) is 9.47 Å². The summed E-state index contributed by atoms with van der Waals surface area (Å²) >= 11 is 1.50. The number of carbonyl (C=O) groups is 1. The molecule has 0 saturated carbocycles. The Hall–Kier alpha value is -1.66. The standard InChI is InChI=1S/C17H24N2O3S/c1-6-22-12-8-7-9-13-14(12)19(10-11-21-5)16(23-13)18-15(20)17(2,3)4/h7-9H,6,10-11H2,1-5H3. The number of aromatic nitrogens is 1. The Labute approximate surface area is 140 Å². The van der Waals surface area contributed by atoms with Gasteiger partial charge in [0.25, 0.3) is 5.91 Å². The first-order chi connectivity index (χ1) is 10.9. The molecular weight excluding hydrogens is 312 g/mol. The van der Waals surface area contributed by atoms with Crippen LogP contribution in [0.25, 0.3) is 10.2 Å². The first-order valence-corrected chi connectivity index (χ1v) is 8.53. The highest BCUT2D eigenvalue weighted by Gasteiger charge is 2.21. The predicted molar refractivity (Wildman–Crippen MR) is 92.9 cm³/mol. The van der Waals surface area contributed by atoms with Crippen molar-refractivity contribution in [2.24, 2.45) is 10.4 Å². The van der Waals surface area contributed by atoms with Crippen molar-refractivity contribution in [3.05, 3.63) is 23.0 Å². The van der Waals surface area contributed by atoms with Crippen molar-refractivity contribution in [2.75, 3.05) is 20.3 Å². The molecule has 0 N–H and O–H groups in total. The Bertz CT molecular complexity index is 753. The third-order valence-electron chi connectivity index (χ3n) is 3.32. The van der Waals surface area contributed by atoms with Crippen molar-refractivity contribution in [3.8, 4) is 5.75 Å². The van der Waals surface area contributed by atoms with Gasteiger partial charge in [0.15, 0.2) is 4.80 Å². The summed E-state index contributed by atoms with van der Waals surface area (Å²) in [6, 6.07) is 5.92. The van der Waals surface area contributed by atoms with E-state index in [1.54, 1.807) is 7.11 Å². The Morgan fingerprint density at radius 1 is 1.35 bits per heavy atom. The van der Waals surface area contributed by atoms with E-state index in [0.29, 0.717) is 24.6 Å². The second kappa shape index (κ2) is 7.27. The van der Waals surface area contributed by atoms with E-state index in [0.717, 1.165) is 16.0 Å². The lowest BCUT2D eigenvalue weighted by Gasteiger charge is -2.12. The van der Waals surface area contributed by atoms with Crippen LogP contribution in [0.2, 0.25) is 0 Å². The van der Waals surface area contributed by atoms with Crippen LogP contribution >= 0.6 is 11.3 Å². The van der Waals surface area contributed by atoms with E-state index < -0.39 is 5.41 Å². The number of methoxy groups -OCH3 is 1. The first-order valence-electron chi connectivity index (χ1n) is 7.71. The van der Waals surface area contributed by atoms with Gasteiger partial charge in [0.05, 0.1) is 17.9 Å². The molecule has 1 heterocycles. The van der Waals surface area contributed by atoms with Crippen LogP contribution < -0.4 is 9.54 Å². The van der Waals surface area contributed by atoms with E-state index in [2.05, 4.69) is 4.99 Å². The Balaban J connectivity index is 2.67. The lowest BCUT2D eigenvalue weighted by Crippen LogP contribution is -2.24. The average molecular weight is 336 g/mol. The quantitative estimate of drug-likeness (QED) is 0.842. The van der Waals surface area contributed by atoms with Gasteiger partial charge >= 0.3 is 0 Å². The SMILES string of the molecule is CCOc1cccc2sc(=NC(=O)C(C)(C)C)n(CCOC)c12. The van der Waals surface area contributed by atoms with Crippen molar-refractivity contribution in [1.29, 1.82) is 0 Å². The number of carbonyl (C=O) groups excluding carboxylic acids is 1. The molecule has 0 fully saturated rings. The lowest BCUT2D eigenvalue weighted by atomic mass is 9.96. The van der Waals surface area contributed by atoms with Crippen molar-refractivity contribution in [2.45, 2.75) is 34.2 Å². The summed E-state index contributed by atoms with van der Waals surface area (Å²) in [7, 11) is 1.66. The van der Waals surface area contributed by atoms with Crippen LogP contribution in [0.1, 0.15) is 27.7 Å². The maximum Gasteiger partial charge on any atom is 0.253 e. The van der Waals surface area contributed by atoms with Gasteiger partial charge in [-0.1, -0.05) is 38.2 Å². The molecule has 0 radical (unpaired) electrons. The van der Waals surface area contributed by atoms with Crippen LogP contribution in [-0.4, -0.2) is 30.8 Å². The number of ether oxygens (including phenoxy) is 2. The molecule has 126 valence electrons. The summed E-state index contributed by atoms with van der Waals surface area (Å²) in [5, 5.41) is 0. The number of para-hydroxylation sites is 1. The van der Waals surface area contributed by atoms with Gasteiger partial charge in [-0.05, 0) is 19.1 Å². The van der Waals surface area contributed by atoms with E-state index in [-0.39, 0.29) is 5.91 Å². The Kier molecular flexibility index (Phi) is 5.59. The molecule has 0 unspecified atom stereocenters. The van der Waals surface area contributed by atoms with Crippen LogP contribution in [0, 0.1) is 5.41 Å². The molecular formula is C17H24N2O3S. The van der Waals surface area contributed by atoms with E-state index >= 15 is 0 Å². The minimum absolute atomic E-state index is 0.131. The summed E-state index contributed by atoms with van der Waals surface area (Å²) in [4.78, 5) is 17.3. The molecule has 0 atom stereocenters. The van der Waals surface area contributed by atoms with E-state index in [1.165, 1.54) is 11.3 Å². The lowest BCUT2D eigenvalue weighted by molar-refractivity contribution is -0.125. The van der Waals surface area contributed by atoms with Gasteiger partial charge < -0.3 is 14.0 Å². The first kappa shape index (κ1) is 17.7. The maximum absolute atomic E-state index is 12.3. The van der Waals surface area contributed by atoms with Crippen LogP contribution in [-0.2, 0) is 16.1 Å². The summed E-state index contributed by atoms with van der Waals surface area (Å²) < 4.78 is 14.0. The molecule has 0 bridgehead atoms. The fourth-order valence-corrected chi connectivity index (χ4v) is 3.17. The number of hydrogen-bond acceptors (Lipinski definition) is 4. The fourth-order valence-electron chi connectivity index (χ4n) is 2.10. The fraction of sp³-hybridized carbons (Fsp3) is 0.529. The average Bonchev–Trinajstić information content (AvgIpc) is 2.83. The molecule has 1 aromatic carbocycles. The van der Waals surface area contributed by atoms with E-state index in [9.17, 15) is 4.79 Å². The second-order valence-electron chi connectivity index (χ2n) is 6.23. The number of benzene rings is 1. The van der Waals surface area contributed by atoms with Gasteiger partial charge in [0.2, 0.25) is 0 Å². The molecule has 1 amide bonds. The molecule has 5 nitrogen and oxygen atoms in total. The molecule has 2 rings (SSSR count). The van der Waals surface area contributed by atoms with Crippen molar-refractivity contribution < 1.29 is 14.3 Å². The molecule has 1 aromatic heterocycles. The van der Waals surface area contributed by atoms with Gasteiger partial charge in [-0.25, -0.2) is 0 Å². The summed E-state index contributed by atoms with van der Waals surface area (Å²) in [5.74, 6) is 0.676. The number of fused-ring (bicyclic) bond motifs is 1. The van der Waals surface area contributed by atoms with Gasteiger partial charge in [-0.3, -0.25) is 4.79 Å². The second-order valence-corrected chi connectivity index (χ2v) is 7.24. The Morgan fingerprint density at radius 2 is 2.09 bits per heavy atom. The van der Waals surface area contributed by atoms with Crippen molar-refractivity contribution in [3.63, 3.8) is 0 Å². The molecule has 0 spiro atoms. The monoisotopic (exact) mass is 336 g/mol. The number of rotatable bonds is 5. The third-order valence-corrected chi connectivity index (χ3v) is 4.37. The summed E-state index contributed by atoms with van der Waals surface area (Å²) in [6.07, 6.45) is 0. The van der Waals surface area contributed by atoms with Crippen LogP contribution in [0.3, 0.4) is 0 Å². The highest BCUT2D eigenvalue weighted by molar-refractivity contribution is 7.16. The van der Waals surface area contributed by atoms with Gasteiger partial charge in [-0.15, -0.1) is 0 Å². The van der Waals surface area contributed by atoms with Crippen molar-refractivity contribution in [1.82, 2.24) is 4.57 Å². The molecule has 0 aliphatic heterocycles. The zero-order chi connectivity index (χ0) is 17.0. The Morgan fingerprint density at radius 3 is 2.70 bits per heavy atom. The van der Waals surface area contributed by atoms with Crippen LogP contribution in [0.5, 0.6) is 5.75 Å². The van der Waals surface area contributed by atoms with Crippen molar-refractivity contribution >= 4 is 27.5 Å². The minimum atomic E-state index is -0.502. The predicted octanol–water partition coefficient (Wildman–Crippen LogP) is 3.22. The number of amides is 1. The van der Waals surface area contributed by atoms with E-state index in [1.807, 2.05) is 50.5 Å². The maximum atomic E-state index is 12.3. The zero-order valence-corrected chi connectivity index (χ0v) is 15.2. The number of thiazole rings is 1.